The second-order valence-electron chi connectivity index (χ2n) is 8.32. The Labute approximate surface area is 191 Å². The minimum atomic E-state index is -4.67. The molecule has 3 aromatic rings. The van der Waals surface area contributed by atoms with Crippen molar-refractivity contribution in [3.8, 4) is 0 Å². The fraction of sp³-hybridized carbons (Fsp3) is 0.318. The number of aryl methyl sites for hydroxylation is 1. The lowest BCUT2D eigenvalue weighted by Crippen LogP contribution is -2.28. The Kier molecular flexibility index (Phi) is 6.89. The van der Waals surface area contributed by atoms with Crippen molar-refractivity contribution in [3.63, 3.8) is 0 Å². The summed E-state index contributed by atoms with van der Waals surface area (Å²) in [5.41, 5.74) is -2.28. The number of benzene rings is 2. The van der Waals surface area contributed by atoms with Crippen molar-refractivity contribution in [2.75, 3.05) is 10.6 Å². The zero-order valence-electron chi connectivity index (χ0n) is 18.6. The normalized spacial score (nSPS) is 11.8. The number of aromatic nitrogens is 3. The number of nitrogens with one attached hydrogen (secondary N) is 2. The number of amides is 2. The highest BCUT2D eigenvalue weighted by molar-refractivity contribution is 5.98. The Hall–Kier alpha value is -3.96. The minimum Gasteiger partial charge on any atom is -0.444 e. The van der Waals surface area contributed by atoms with Gasteiger partial charge in [0.15, 0.2) is 0 Å². The predicted molar refractivity (Wildman–Crippen MR) is 118 cm³/mol. The van der Waals surface area contributed by atoms with Crippen LogP contribution in [0.3, 0.4) is 0 Å². The maximum atomic E-state index is 13.2. The van der Waals surface area contributed by atoms with Gasteiger partial charge in [-0.15, -0.1) is 5.10 Å². The zero-order chi connectivity index (χ0) is 25.1. The third kappa shape index (κ3) is 6.30. The summed E-state index contributed by atoms with van der Waals surface area (Å²) in [6.07, 6.45) is -5.85. The molecular weight excluding hydrogens is 455 g/mol. The highest BCUT2D eigenvalue weighted by Gasteiger charge is 2.31. The highest BCUT2D eigenvalue weighted by atomic mass is 19.4. The molecule has 0 saturated heterocycles. The molecule has 0 radical (unpaired) electrons. The van der Waals surface area contributed by atoms with Crippen molar-refractivity contribution in [2.45, 2.75) is 45.5 Å². The fourth-order valence-corrected chi connectivity index (χ4v) is 2.94. The van der Waals surface area contributed by atoms with Crippen LogP contribution in [0.4, 0.5) is 29.3 Å². The van der Waals surface area contributed by atoms with Crippen molar-refractivity contribution >= 4 is 34.3 Å². The van der Waals surface area contributed by atoms with E-state index in [2.05, 4.69) is 20.9 Å². The number of fused-ring (bicyclic) bond motifs is 1. The van der Waals surface area contributed by atoms with E-state index in [4.69, 9.17) is 4.74 Å². The molecule has 3 rings (SSSR count). The number of ether oxygens (including phenoxy) is 1. The third-order valence-electron chi connectivity index (χ3n) is 4.44. The largest absolute Gasteiger partial charge is 0.444 e. The Balaban J connectivity index is 1.78. The number of nitrogens with zero attached hydrogens (tertiary/aromatic N) is 3. The van der Waals surface area contributed by atoms with Gasteiger partial charge in [0.2, 0.25) is 5.91 Å². The second kappa shape index (κ2) is 9.49. The van der Waals surface area contributed by atoms with Crippen LogP contribution < -0.4 is 16.2 Å². The standard InChI is InChI=1S/C22H22F3N5O4/c1-21(2,3)34-20(33)27-16-9-8-13(22(23,24)25)12-17(16)26-18(31)10-11-30-19(32)14-6-4-5-7-15(14)28-29-30/h4-9,12H,10-11H2,1-3H3,(H,26,31)(H,27,33). The minimum absolute atomic E-state index is 0.0849. The first-order valence-corrected chi connectivity index (χ1v) is 10.2. The highest BCUT2D eigenvalue weighted by Crippen LogP contribution is 2.34. The number of anilines is 2. The number of hydrogen-bond donors (Lipinski definition) is 2. The van der Waals surface area contributed by atoms with Gasteiger partial charge < -0.3 is 10.1 Å². The lowest BCUT2D eigenvalue weighted by molar-refractivity contribution is -0.137. The van der Waals surface area contributed by atoms with E-state index < -0.39 is 34.9 Å². The zero-order valence-corrected chi connectivity index (χ0v) is 18.6. The molecule has 0 spiro atoms. The molecule has 12 heteroatoms. The SMILES string of the molecule is CC(C)(C)OC(=O)Nc1ccc(C(F)(F)F)cc1NC(=O)CCn1nnc2ccccc2c1=O. The molecule has 0 aliphatic carbocycles. The first kappa shape index (κ1) is 24.7. The van der Waals surface area contributed by atoms with Gasteiger partial charge in [-0.3, -0.25) is 14.9 Å². The Bertz CT molecular complexity index is 1280. The molecule has 0 atom stereocenters. The molecule has 2 aromatic carbocycles. The number of rotatable bonds is 5. The molecule has 0 saturated carbocycles. The van der Waals surface area contributed by atoms with Crippen LogP contribution >= 0.6 is 0 Å². The van der Waals surface area contributed by atoms with Gasteiger partial charge in [-0.05, 0) is 51.1 Å². The molecule has 2 N–H and O–H groups in total. The van der Waals surface area contributed by atoms with Crippen LogP contribution in [0.25, 0.3) is 10.9 Å². The topological polar surface area (TPSA) is 115 Å². The molecule has 0 unspecified atom stereocenters. The van der Waals surface area contributed by atoms with Crippen molar-refractivity contribution < 1.29 is 27.5 Å². The summed E-state index contributed by atoms with van der Waals surface area (Å²) in [6.45, 7) is 4.72. The van der Waals surface area contributed by atoms with Crippen LogP contribution in [-0.2, 0) is 22.3 Å². The molecule has 1 aromatic heterocycles. The predicted octanol–water partition coefficient (Wildman–Crippen LogP) is 4.19. The van der Waals surface area contributed by atoms with Gasteiger partial charge in [-0.25, -0.2) is 9.48 Å². The average molecular weight is 477 g/mol. The Morgan fingerprint density at radius 2 is 1.74 bits per heavy atom. The monoisotopic (exact) mass is 477 g/mol. The van der Waals surface area contributed by atoms with E-state index in [-0.39, 0.29) is 24.3 Å². The van der Waals surface area contributed by atoms with Crippen molar-refractivity contribution in [3.05, 3.63) is 58.4 Å². The molecule has 0 aliphatic rings. The van der Waals surface area contributed by atoms with Crippen molar-refractivity contribution in [1.29, 1.82) is 0 Å². The number of carbonyl (C=O) groups is 2. The van der Waals surface area contributed by atoms with E-state index in [9.17, 15) is 27.6 Å². The van der Waals surface area contributed by atoms with Gasteiger partial charge in [0, 0.05) is 6.42 Å². The van der Waals surface area contributed by atoms with Crippen LogP contribution in [0, 0.1) is 0 Å². The van der Waals surface area contributed by atoms with Gasteiger partial charge >= 0.3 is 12.3 Å². The second-order valence-corrected chi connectivity index (χ2v) is 8.32. The van der Waals surface area contributed by atoms with Gasteiger partial charge in [0.25, 0.3) is 5.56 Å². The number of carbonyl (C=O) groups excluding carboxylic acids is 2. The van der Waals surface area contributed by atoms with Crippen LogP contribution in [0.2, 0.25) is 0 Å². The van der Waals surface area contributed by atoms with Gasteiger partial charge in [-0.2, -0.15) is 13.2 Å². The van der Waals surface area contributed by atoms with E-state index in [1.54, 1.807) is 45.0 Å². The van der Waals surface area contributed by atoms with Crippen molar-refractivity contribution in [1.82, 2.24) is 15.0 Å². The molecular formula is C22H22F3N5O4. The number of halogens is 3. The van der Waals surface area contributed by atoms with Crippen LogP contribution in [0.15, 0.2) is 47.3 Å². The lowest BCUT2D eigenvalue weighted by atomic mass is 10.1. The molecule has 0 aliphatic heterocycles. The summed E-state index contributed by atoms with van der Waals surface area (Å²) in [5, 5.41) is 12.7. The summed E-state index contributed by atoms with van der Waals surface area (Å²) in [7, 11) is 0. The number of alkyl halides is 3. The number of hydrogen-bond acceptors (Lipinski definition) is 6. The Morgan fingerprint density at radius 1 is 1.03 bits per heavy atom. The van der Waals surface area contributed by atoms with Crippen LogP contribution in [0.5, 0.6) is 0 Å². The van der Waals surface area contributed by atoms with Gasteiger partial charge in [-0.1, -0.05) is 17.3 Å². The van der Waals surface area contributed by atoms with E-state index in [1.165, 1.54) is 0 Å². The smallest absolute Gasteiger partial charge is 0.416 e. The van der Waals surface area contributed by atoms with E-state index in [0.717, 1.165) is 16.8 Å². The van der Waals surface area contributed by atoms with E-state index >= 15 is 0 Å². The Morgan fingerprint density at radius 3 is 2.41 bits per heavy atom. The molecule has 0 bridgehead atoms. The van der Waals surface area contributed by atoms with Gasteiger partial charge in [0.1, 0.15) is 11.1 Å². The molecule has 0 fully saturated rings. The first-order chi connectivity index (χ1) is 15.8. The summed E-state index contributed by atoms with van der Waals surface area (Å²) in [5.74, 6) is -0.701. The summed E-state index contributed by atoms with van der Waals surface area (Å²) in [4.78, 5) is 37.1. The summed E-state index contributed by atoms with van der Waals surface area (Å²) < 4.78 is 45.7. The van der Waals surface area contributed by atoms with Gasteiger partial charge in [0.05, 0.1) is 28.9 Å². The molecule has 9 nitrogen and oxygen atoms in total. The summed E-state index contributed by atoms with van der Waals surface area (Å²) >= 11 is 0. The first-order valence-electron chi connectivity index (χ1n) is 10.2. The van der Waals surface area contributed by atoms with Crippen molar-refractivity contribution in [2.24, 2.45) is 0 Å². The van der Waals surface area contributed by atoms with Crippen LogP contribution in [-0.4, -0.2) is 32.6 Å². The quantitative estimate of drug-likeness (QED) is 0.570. The molecule has 34 heavy (non-hydrogen) atoms. The molecule has 180 valence electrons. The fourth-order valence-electron chi connectivity index (χ4n) is 2.94. The van der Waals surface area contributed by atoms with E-state index in [0.29, 0.717) is 17.0 Å². The van der Waals surface area contributed by atoms with Crippen LogP contribution in [0.1, 0.15) is 32.8 Å². The lowest BCUT2D eigenvalue weighted by Gasteiger charge is -2.21. The average Bonchev–Trinajstić information content (AvgIpc) is 2.72. The molecule has 1 heterocycles. The maximum Gasteiger partial charge on any atom is 0.416 e. The summed E-state index contributed by atoms with van der Waals surface area (Å²) in [6, 6.07) is 9.04. The van der Waals surface area contributed by atoms with E-state index in [1.807, 2.05) is 0 Å². The maximum absolute atomic E-state index is 13.2. The third-order valence-corrected chi connectivity index (χ3v) is 4.44. The molecule has 2 amide bonds.